The number of benzene rings is 2. The second-order valence-electron chi connectivity index (χ2n) is 4.04. The zero-order valence-electron chi connectivity index (χ0n) is 10.0. The number of aliphatic carboxylic acids is 1. The molecule has 2 rings (SSSR count). The van der Waals surface area contributed by atoms with Crippen molar-refractivity contribution in [1.29, 1.82) is 0 Å². The predicted molar refractivity (Wildman–Crippen MR) is 77.8 cm³/mol. The van der Waals surface area contributed by atoms with Crippen molar-refractivity contribution in [2.24, 2.45) is 0 Å². The molecule has 2 aromatic rings. The molecule has 0 aliphatic rings. The van der Waals surface area contributed by atoms with Crippen molar-refractivity contribution < 1.29 is 9.90 Å². The maximum absolute atomic E-state index is 11.3. The summed E-state index contributed by atoms with van der Waals surface area (Å²) >= 11 is 5.88. The SMILES string of the molecule is Nc1ccc(/C(=C/c2cccc(Cl)c2)C(=O)O)cc1. The zero-order chi connectivity index (χ0) is 13.8. The van der Waals surface area contributed by atoms with Gasteiger partial charge in [0, 0.05) is 10.7 Å². The van der Waals surface area contributed by atoms with Gasteiger partial charge in [-0.2, -0.15) is 0 Å². The van der Waals surface area contributed by atoms with Gasteiger partial charge in [-0.15, -0.1) is 0 Å². The summed E-state index contributed by atoms with van der Waals surface area (Å²) in [6.45, 7) is 0. The van der Waals surface area contributed by atoms with Crippen LogP contribution in [-0.4, -0.2) is 11.1 Å². The molecular weight excluding hydrogens is 262 g/mol. The van der Waals surface area contributed by atoms with Crippen LogP contribution in [0.1, 0.15) is 11.1 Å². The number of carbonyl (C=O) groups is 1. The normalized spacial score (nSPS) is 11.3. The largest absolute Gasteiger partial charge is 0.478 e. The Morgan fingerprint density at radius 1 is 1.16 bits per heavy atom. The van der Waals surface area contributed by atoms with Gasteiger partial charge in [0.15, 0.2) is 0 Å². The minimum atomic E-state index is -0.996. The van der Waals surface area contributed by atoms with Gasteiger partial charge in [0.25, 0.3) is 0 Å². The van der Waals surface area contributed by atoms with E-state index < -0.39 is 5.97 Å². The van der Waals surface area contributed by atoms with Crippen LogP contribution in [0.4, 0.5) is 5.69 Å². The molecule has 0 unspecified atom stereocenters. The standard InChI is InChI=1S/C15H12ClNO2/c16-12-3-1-2-10(8-12)9-14(15(18)19)11-4-6-13(17)7-5-11/h1-9H,17H2,(H,18,19)/b14-9-. The Balaban J connectivity index is 2.46. The van der Waals surface area contributed by atoms with E-state index in [-0.39, 0.29) is 5.57 Å². The second-order valence-corrected chi connectivity index (χ2v) is 4.48. The highest BCUT2D eigenvalue weighted by Crippen LogP contribution is 2.21. The molecule has 0 aromatic heterocycles. The van der Waals surface area contributed by atoms with Gasteiger partial charge in [0.05, 0.1) is 5.57 Å². The first kappa shape index (κ1) is 13.2. The monoisotopic (exact) mass is 273 g/mol. The van der Waals surface area contributed by atoms with Crippen molar-refractivity contribution >= 4 is 34.9 Å². The Kier molecular flexibility index (Phi) is 3.88. The number of carboxylic acids is 1. The van der Waals surface area contributed by atoms with Crippen LogP contribution in [0, 0.1) is 0 Å². The Morgan fingerprint density at radius 3 is 2.42 bits per heavy atom. The number of nitrogen functional groups attached to an aromatic ring is 1. The number of nitrogens with two attached hydrogens (primary N) is 1. The number of hydrogen-bond acceptors (Lipinski definition) is 2. The van der Waals surface area contributed by atoms with Gasteiger partial charge in [-0.3, -0.25) is 0 Å². The lowest BCUT2D eigenvalue weighted by molar-refractivity contribution is -0.130. The quantitative estimate of drug-likeness (QED) is 0.511. The summed E-state index contributed by atoms with van der Waals surface area (Å²) in [6.07, 6.45) is 1.58. The van der Waals surface area contributed by atoms with Gasteiger partial charge in [-0.25, -0.2) is 4.79 Å². The molecule has 96 valence electrons. The molecule has 0 spiro atoms. The highest BCUT2D eigenvalue weighted by Gasteiger charge is 2.10. The molecule has 0 bridgehead atoms. The van der Waals surface area contributed by atoms with Crippen molar-refractivity contribution in [2.45, 2.75) is 0 Å². The lowest BCUT2D eigenvalue weighted by atomic mass is 10.0. The van der Waals surface area contributed by atoms with Crippen LogP contribution in [0.3, 0.4) is 0 Å². The Morgan fingerprint density at radius 2 is 1.84 bits per heavy atom. The minimum Gasteiger partial charge on any atom is -0.478 e. The number of anilines is 1. The van der Waals surface area contributed by atoms with Gasteiger partial charge in [-0.05, 0) is 41.5 Å². The van der Waals surface area contributed by atoms with E-state index in [1.807, 2.05) is 0 Å². The molecule has 0 heterocycles. The smallest absolute Gasteiger partial charge is 0.336 e. The number of hydrogen-bond donors (Lipinski definition) is 2. The van der Waals surface area contributed by atoms with Crippen LogP contribution in [0.2, 0.25) is 5.02 Å². The molecule has 0 atom stereocenters. The van der Waals surface area contributed by atoms with E-state index in [1.54, 1.807) is 54.6 Å². The zero-order valence-corrected chi connectivity index (χ0v) is 10.8. The summed E-state index contributed by atoms with van der Waals surface area (Å²) < 4.78 is 0. The minimum absolute atomic E-state index is 0.197. The number of halogens is 1. The maximum atomic E-state index is 11.3. The van der Waals surface area contributed by atoms with Crippen molar-refractivity contribution in [3.05, 3.63) is 64.7 Å². The fraction of sp³-hybridized carbons (Fsp3) is 0. The molecule has 0 fully saturated rings. The molecule has 4 heteroatoms. The molecule has 0 radical (unpaired) electrons. The van der Waals surface area contributed by atoms with Crippen LogP contribution in [-0.2, 0) is 4.79 Å². The third-order valence-corrected chi connectivity index (χ3v) is 2.85. The van der Waals surface area contributed by atoms with Gasteiger partial charge < -0.3 is 10.8 Å². The van der Waals surface area contributed by atoms with Crippen LogP contribution in [0.15, 0.2) is 48.5 Å². The Labute approximate surface area is 115 Å². The van der Waals surface area contributed by atoms with E-state index >= 15 is 0 Å². The van der Waals surface area contributed by atoms with Crippen molar-refractivity contribution in [1.82, 2.24) is 0 Å². The summed E-state index contributed by atoms with van der Waals surface area (Å²) in [5, 5.41) is 9.86. The van der Waals surface area contributed by atoms with E-state index in [9.17, 15) is 9.90 Å². The van der Waals surface area contributed by atoms with Crippen LogP contribution in [0.5, 0.6) is 0 Å². The third-order valence-electron chi connectivity index (χ3n) is 2.61. The summed E-state index contributed by atoms with van der Waals surface area (Å²) in [5.41, 5.74) is 7.72. The number of carboxylic acid groups (broad SMARTS) is 1. The van der Waals surface area contributed by atoms with Crippen LogP contribution in [0.25, 0.3) is 11.6 Å². The molecule has 0 saturated heterocycles. The molecule has 0 aliphatic carbocycles. The first-order valence-electron chi connectivity index (χ1n) is 5.63. The molecule has 0 saturated carbocycles. The highest BCUT2D eigenvalue weighted by atomic mass is 35.5. The van der Waals surface area contributed by atoms with Crippen molar-refractivity contribution in [2.75, 3.05) is 5.73 Å². The topological polar surface area (TPSA) is 63.3 Å². The van der Waals surface area contributed by atoms with Gasteiger partial charge in [-0.1, -0.05) is 35.9 Å². The fourth-order valence-electron chi connectivity index (χ4n) is 1.69. The Bertz CT molecular complexity index is 633. The molecule has 3 nitrogen and oxygen atoms in total. The van der Waals surface area contributed by atoms with E-state index in [1.165, 1.54) is 0 Å². The van der Waals surface area contributed by atoms with E-state index in [0.29, 0.717) is 16.3 Å². The molecule has 0 aliphatic heterocycles. The predicted octanol–water partition coefficient (Wildman–Crippen LogP) is 3.55. The summed E-state index contributed by atoms with van der Waals surface area (Å²) in [6, 6.07) is 13.7. The van der Waals surface area contributed by atoms with Gasteiger partial charge in [0.2, 0.25) is 0 Å². The summed E-state index contributed by atoms with van der Waals surface area (Å²) in [5.74, 6) is -0.996. The van der Waals surface area contributed by atoms with Gasteiger partial charge >= 0.3 is 5.97 Å². The second kappa shape index (κ2) is 5.59. The summed E-state index contributed by atoms with van der Waals surface area (Å²) in [4.78, 5) is 11.3. The average molecular weight is 274 g/mol. The van der Waals surface area contributed by atoms with Crippen LogP contribution >= 0.6 is 11.6 Å². The fourth-order valence-corrected chi connectivity index (χ4v) is 1.89. The van der Waals surface area contributed by atoms with Gasteiger partial charge in [0.1, 0.15) is 0 Å². The van der Waals surface area contributed by atoms with E-state index in [4.69, 9.17) is 17.3 Å². The van der Waals surface area contributed by atoms with E-state index in [2.05, 4.69) is 0 Å². The molecule has 2 aromatic carbocycles. The molecular formula is C15H12ClNO2. The maximum Gasteiger partial charge on any atom is 0.336 e. The average Bonchev–Trinajstić information content (AvgIpc) is 2.37. The summed E-state index contributed by atoms with van der Waals surface area (Å²) in [7, 11) is 0. The lowest BCUT2D eigenvalue weighted by Gasteiger charge is -2.04. The Hall–Kier alpha value is -2.26. The first-order chi connectivity index (χ1) is 9.06. The lowest BCUT2D eigenvalue weighted by Crippen LogP contribution is -2.00. The van der Waals surface area contributed by atoms with Crippen molar-refractivity contribution in [3.8, 4) is 0 Å². The van der Waals surface area contributed by atoms with E-state index in [0.717, 1.165) is 5.56 Å². The molecule has 0 amide bonds. The first-order valence-corrected chi connectivity index (χ1v) is 6.00. The highest BCUT2D eigenvalue weighted by molar-refractivity contribution is 6.30. The third kappa shape index (κ3) is 3.36. The van der Waals surface area contributed by atoms with Crippen molar-refractivity contribution in [3.63, 3.8) is 0 Å². The molecule has 19 heavy (non-hydrogen) atoms. The van der Waals surface area contributed by atoms with Crippen LogP contribution < -0.4 is 5.73 Å². The number of rotatable bonds is 3. The molecule has 3 N–H and O–H groups in total.